The Morgan fingerprint density at radius 3 is 2.42 bits per heavy atom. The van der Waals surface area contributed by atoms with Gasteiger partial charge in [0.2, 0.25) is 0 Å². The lowest BCUT2D eigenvalue weighted by Crippen LogP contribution is -2.57. The summed E-state index contributed by atoms with van der Waals surface area (Å²) in [5.74, 6) is -0.774. The summed E-state index contributed by atoms with van der Waals surface area (Å²) in [4.78, 5) is 22.3. The first-order valence-electron chi connectivity index (χ1n) is 6.07. The van der Waals surface area contributed by atoms with Crippen molar-refractivity contribution in [2.24, 2.45) is 0 Å². The van der Waals surface area contributed by atoms with Gasteiger partial charge in [-0.1, -0.05) is 32.8 Å². The molecule has 0 aliphatic rings. The molecule has 0 aromatic heterocycles. The molecule has 0 saturated heterocycles. The highest BCUT2D eigenvalue weighted by Crippen LogP contribution is 2.02. The van der Waals surface area contributed by atoms with Gasteiger partial charge in [-0.25, -0.2) is 9.59 Å². The van der Waals surface area contributed by atoms with Crippen molar-refractivity contribution in [1.29, 1.82) is 0 Å². The van der Waals surface area contributed by atoms with Crippen molar-refractivity contribution in [2.45, 2.75) is 26.6 Å². The first-order valence-corrected chi connectivity index (χ1v) is 11.8. The Kier molecular flexibility index (Phi) is 7.57. The molecule has 0 saturated carbocycles. The molecule has 19 heavy (non-hydrogen) atoms. The first-order chi connectivity index (χ1) is 8.68. The van der Waals surface area contributed by atoms with Gasteiger partial charge in [0.25, 0.3) is 0 Å². The topological polar surface area (TPSA) is 64.6 Å². The van der Waals surface area contributed by atoms with E-state index in [0.717, 1.165) is 6.08 Å². The molecular weight excluding hydrogens is 278 g/mol. The zero-order valence-corrected chi connectivity index (χ0v) is 14.3. The van der Waals surface area contributed by atoms with Gasteiger partial charge in [-0.3, -0.25) is 0 Å². The number of rotatable bonds is 8. The Bertz CT molecular complexity index is 369. The van der Waals surface area contributed by atoms with E-state index in [1.807, 2.05) is 6.55 Å². The molecule has 0 aliphatic heterocycles. The SMILES string of the molecule is C=CC(=O)OC[SiH](C)N[Si](C)(C)COC(=O)C(=C)C. The van der Waals surface area contributed by atoms with Crippen LogP contribution in [-0.4, -0.2) is 41.6 Å². The smallest absolute Gasteiger partial charge is 0.332 e. The molecule has 0 bridgehead atoms. The van der Waals surface area contributed by atoms with Crippen molar-refractivity contribution < 1.29 is 19.1 Å². The summed E-state index contributed by atoms with van der Waals surface area (Å²) in [5.41, 5.74) is 0.398. The molecule has 108 valence electrons. The van der Waals surface area contributed by atoms with Crippen molar-refractivity contribution in [3.05, 3.63) is 24.8 Å². The molecule has 1 atom stereocenters. The molecular formula is C12H23NO4Si2. The molecule has 1 unspecified atom stereocenters. The zero-order valence-electron chi connectivity index (χ0n) is 12.1. The highest BCUT2D eigenvalue weighted by Gasteiger charge is 2.26. The molecule has 5 nitrogen and oxygen atoms in total. The van der Waals surface area contributed by atoms with Crippen LogP contribution in [0.4, 0.5) is 0 Å². The van der Waals surface area contributed by atoms with Crippen molar-refractivity contribution in [3.8, 4) is 0 Å². The molecule has 0 spiro atoms. The maximum Gasteiger partial charge on any atom is 0.332 e. The van der Waals surface area contributed by atoms with Crippen LogP contribution in [-0.2, 0) is 19.1 Å². The van der Waals surface area contributed by atoms with Crippen molar-refractivity contribution in [2.75, 3.05) is 12.5 Å². The molecule has 1 N–H and O–H groups in total. The van der Waals surface area contributed by atoms with E-state index < -0.39 is 23.2 Å². The van der Waals surface area contributed by atoms with Crippen LogP contribution < -0.4 is 4.65 Å². The van der Waals surface area contributed by atoms with Crippen LogP contribution in [0.1, 0.15) is 6.92 Å². The molecule has 0 aromatic rings. The van der Waals surface area contributed by atoms with Crippen LogP contribution in [0.2, 0.25) is 19.6 Å². The molecule has 0 fully saturated rings. The van der Waals surface area contributed by atoms with Gasteiger partial charge in [0.15, 0.2) is 8.24 Å². The fourth-order valence-corrected chi connectivity index (χ4v) is 8.29. The number of esters is 2. The Morgan fingerprint density at radius 1 is 1.37 bits per heavy atom. The Hall–Kier alpha value is -1.19. The van der Waals surface area contributed by atoms with Gasteiger partial charge in [-0.05, 0) is 6.92 Å². The fraction of sp³-hybridized carbons (Fsp3) is 0.500. The summed E-state index contributed by atoms with van der Waals surface area (Å²) >= 11 is 0. The Balaban J connectivity index is 4.13. The number of hydrogen-bond donors (Lipinski definition) is 1. The summed E-state index contributed by atoms with van der Waals surface area (Å²) in [6.45, 7) is 14.7. The molecule has 0 rings (SSSR count). The summed E-state index contributed by atoms with van der Waals surface area (Å²) < 4.78 is 13.7. The van der Waals surface area contributed by atoms with Gasteiger partial charge in [-0.15, -0.1) is 0 Å². The van der Waals surface area contributed by atoms with E-state index >= 15 is 0 Å². The number of carbonyl (C=O) groups is 2. The van der Waals surface area contributed by atoms with E-state index in [1.165, 1.54) is 0 Å². The third-order valence-corrected chi connectivity index (χ3v) is 8.82. The molecule has 7 heteroatoms. The lowest BCUT2D eigenvalue weighted by molar-refractivity contribution is -0.137. The van der Waals surface area contributed by atoms with E-state index in [1.54, 1.807) is 6.92 Å². The van der Waals surface area contributed by atoms with Gasteiger partial charge in [-0.2, -0.15) is 0 Å². The van der Waals surface area contributed by atoms with Crippen LogP contribution in [0.25, 0.3) is 0 Å². The maximum atomic E-state index is 11.3. The lowest BCUT2D eigenvalue weighted by Gasteiger charge is -2.26. The highest BCUT2D eigenvalue weighted by atomic mass is 28.4. The average molecular weight is 301 g/mol. The van der Waals surface area contributed by atoms with Crippen LogP contribution >= 0.6 is 0 Å². The fourth-order valence-electron chi connectivity index (χ4n) is 1.39. The third-order valence-electron chi connectivity index (χ3n) is 2.19. The second kappa shape index (κ2) is 8.08. The van der Waals surface area contributed by atoms with E-state index in [0.29, 0.717) is 18.0 Å². The van der Waals surface area contributed by atoms with Gasteiger partial charge in [0, 0.05) is 11.6 Å². The predicted octanol–water partition coefficient (Wildman–Crippen LogP) is 1.06. The van der Waals surface area contributed by atoms with Crippen LogP contribution in [0.15, 0.2) is 24.8 Å². The summed E-state index contributed by atoms with van der Waals surface area (Å²) in [5, 5.41) is 0. The van der Waals surface area contributed by atoms with Crippen molar-refractivity contribution in [1.82, 2.24) is 4.65 Å². The normalized spacial score (nSPS) is 12.4. The van der Waals surface area contributed by atoms with Gasteiger partial charge in [0.05, 0.1) is 12.5 Å². The summed E-state index contributed by atoms with van der Waals surface area (Å²) in [6, 6.07) is 0. The van der Waals surface area contributed by atoms with Gasteiger partial charge >= 0.3 is 11.9 Å². The number of hydrogen-bond acceptors (Lipinski definition) is 5. The summed E-state index contributed by atoms with van der Waals surface area (Å²) in [7, 11) is -3.22. The molecule has 0 heterocycles. The third kappa shape index (κ3) is 8.52. The largest absolute Gasteiger partial charge is 0.465 e. The van der Waals surface area contributed by atoms with Gasteiger partial charge in [0.1, 0.15) is 8.96 Å². The molecule has 0 radical (unpaired) electrons. The lowest BCUT2D eigenvalue weighted by atomic mass is 10.4. The molecule has 0 aliphatic carbocycles. The first kappa shape index (κ1) is 17.8. The minimum Gasteiger partial charge on any atom is -0.465 e. The molecule has 0 aromatic carbocycles. The van der Waals surface area contributed by atoms with Crippen molar-refractivity contribution in [3.63, 3.8) is 0 Å². The maximum absolute atomic E-state index is 11.3. The minimum atomic E-state index is -1.85. The van der Waals surface area contributed by atoms with Crippen LogP contribution in [0, 0.1) is 0 Å². The predicted molar refractivity (Wildman–Crippen MR) is 80.6 cm³/mol. The van der Waals surface area contributed by atoms with E-state index in [9.17, 15) is 9.59 Å². The highest BCUT2D eigenvalue weighted by molar-refractivity contribution is 6.84. The standard InChI is InChI=1S/C12H23NO4Si2/c1-7-11(14)16-8-18(4)13-19(5,6)9-17-12(15)10(2)3/h7,13,18H,1-2,8-9H2,3-6H3. The van der Waals surface area contributed by atoms with E-state index in [-0.39, 0.29) is 5.97 Å². The number of carbonyl (C=O) groups excluding carboxylic acids is 2. The second-order valence-corrected chi connectivity index (χ2v) is 12.5. The van der Waals surface area contributed by atoms with Crippen LogP contribution in [0.5, 0.6) is 0 Å². The van der Waals surface area contributed by atoms with Crippen molar-refractivity contribution >= 4 is 29.1 Å². The minimum absolute atomic E-state index is 0.366. The van der Waals surface area contributed by atoms with Gasteiger partial charge < -0.3 is 14.1 Å². The second-order valence-electron chi connectivity index (χ2n) is 5.12. The monoisotopic (exact) mass is 301 g/mol. The average Bonchev–Trinajstić information content (AvgIpc) is 2.32. The Morgan fingerprint density at radius 2 is 1.95 bits per heavy atom. The van der Waals surface area contributed by atoms with E-state index in [4.69, 9.17) is 9.47 Å². The van der Waals surface area contributed by atoms with E-state index in [2.05, 4.69) is 30.9 Å². The summed E-state index contributed by atoms with van der Waals surface area (Å²) in [6.07, 6.45) is 1.93. The zero-order chi connectivity index (χ0) is 15.1. The number of nitrogens with one attached hydrogen (secondary N) is 1. The number of ether oxygens (including phenoxy) is 2. The Labute approximate surface area is 117 Å². The quantitative estimate of drug-likeness (QED) is 0.413. The van der Waals surface area contributed by atoms with Crippen LogP contribution in [0.3, 0.4) is 0 Å². The molecule has 0 amide bonds.